The van der Waals surface area contributed by atoms with Crippen molar-refractivity contribution >= 4 is 17.5 Å². The van der Waals surface area contributed by atoms with Crippen molar-refractivity contribution in [3.05, 3.63) is 65.3 Å². The number of amides is 1. The van der Waals surface area contributed by atoms with Gasteiger partial charge in [0.15, 0.2) is 0 Å². The standard InChI is InChI=1S/C19H19ClN4O2/c1-24(13-10-14-8-11-21-12-9-14)18(25)7-6-17-22-19(23-26-17)15-2-4-16(20)5-3-15/h2-5,8-9,11-12H,6-7,10,13H2,1H3. The summed E-state index contributed by atoms with van der Waals surface area (Å²) >= 11 is 5.87. The molecule has 0 saturated heterocycles. The molecule has 0 spiro atoms. The fraction of sp³-hybridized carbons (Fsp3) is 0.263. The summed E-state index contributed by atoms with van der Waals surface area (Å²) in [5.41, 5.74) is 1.98. The van der Waals surface area contributed by atoms with Crippen LogP contribution in [0, 0.1) is 0 Å². The second-order valence-electron chi connectivity index (χ2n) is 5.94. The highest BCUT2D eigenvalue weighted by Crippen LogP contribution is 2.19. The minimum atomic E-state index is 0.0466. The molecule has 3 rings (SSSR count). The fourth-order valence-corrected chi connectivity index (χ4v) is 2.57. The Morgan fingerprint density at radius 2 is 1.85 bits per heavy atom. The highest BCUT2D eigenvalue weighted by molar-refractivity contribution is 6.30. The lowest BCUT2D eigenvalue weighted by Gasteiger charge is -2.16. The van der Waals surface area contributed by atoms with Crippen molar-refractivity contribution in [3.63, 3.8) is 0 Å². The van der Waals surface area contributed by atoms with Gasteiger partial charge in [0.1, 0.15) is 0 Å². The smallest absolute Gasteiger partial charge is 0.227 e. The Hall–Kier alpha value is -2.73. The molecule has 0 radical (unpaired) electrons. The molecule has 2 heterocycles. The lowest BCUT2D eigenvalue weighted by molar-refractivity contribution is -0.129. The van der Waals surface area contributed by atoms with Crippen LogP contribution in [0.25, 0.3) is 11.4 Å². The van der Waals surface area contributed by atoms with Gasteiger partial charge in [-0.05, 0) is 48.4 Å². The Balaban J connectivity index is 1.49. The first-order valence-corrected chi connectivity index (χ1v) is 8.71. The maximum atomic E-state index is 12.3. The van der Waals surface area contributed by atoms with Crippen molar-refractivity contribution < 1.29 is 9.32 Å². The van der Waals surface area contributed by atoms with Crippen LogP contribution in [0.1, 0.15) is 17.9 Å². The average molecular weight is 371 g/mol. The van der Waals surface area contributed by atoms with E-state index in [1.54, 1.807) is 36.5 Å². The number of aromatic nitrogens is 3. The Morgan fingerprint density at radius 1 is 1.12 bits per heavy atom. The summed E-state index contributed by atoms with van der Waals surface area (Å²) in [6.45, 7) is 0.655. The van der Waals surface area contributed by atoms with Gasteiger partial charge in [0.25, 0.3) is 0 Å². The number of carbonyl (C=O) groups is 1. The summed E-state index contributed by atoms with van der Waals surface area (Å²) in [6, 6.07) is 11.1. The van der Waals surface area contributed by atoms with Crippen LogP contribution >= 0.6 is 11.6 Å². The van der Waals surface area contributed by atoms with Gasteiger partial charge in [-0.15, -0.1) is 0 Å². The van der Waals surface area contributed by atoms with E-state index in [1.807, 2.05) is 24.3 Å². The Morgan fingerprint density at radius 3 is 2.58 bits per heavy atom. The normalized spacial score (nSPS) is 10.7. The molecule has 0 aliphatic rings. The van der Waals surface area contributed by atoms with Crippen LogP contribution in [0.15, 0.2) is 53.3 Å². The van der Waals surface area contributed by atoms with Gasteiger partial charge in [0.2, 0.25) is 17.6 Å². The molecule has 3 aromatic rings. The van der Waals surface area contributed by atoms with Crippen LogP contribution in [-0.2, 0) is 17.6 Å². The summed E-state index contributed by atoms with van der Waals surface area (Å²) in [7, 11) is 1.80. The first-order valence-electron chi connectivity index (χ1n) is 8.33. The number of likely N-dealkylation sites (N-methyl/N-ethyl adjacent to an activating group) is 1. The van der Waals surface area contributed by atoms with Gasteiger partial charge in [0.05, 0.1) is 0 Å². The number of benzene rings is 1. The minimum absolute atomic E-state index is 0.0466. The summed E-state index contributed by atoms with van der Waals surface area (Å²) in [5.74, 6) is 0.992. The van der Waals surface area contributed by atoms with Crippen LogP contribution in [0.4, 0.5) is 0 Å². The molecular formula is C19H19ClN4O2. The van der Waals surface area contributed by atoms with Crippen molar-refractivity contribution in [1.82, 2.24) is 20.0 Å². The minimum Gasteiger partial charge on any atom is -0.345 e. The number of hydrogen-bond donors (Lipinski definition) is 0. The van der Waals surface area contributed by atoms with Crippen LogP contribution in [0.2, 0.25) is 5.02 Å². The summed E-state index contributed by atoms with van der Waals surface area (Å²) in [4.78, 5) is 22.3. The molecular weight excluding hydrogens is 352 g/mol. The second kappa shape index (κ2) is 8.58. The Kier molecular flexibility index (Phi) is 5.96. The quantitative estimate of drug-likeness (QED) is 0.637. The van der Waals surface area contributed by atoms with Crippen molar-refractivity contribution in [3.8, 4) is 11.4 Å². The van der Waals surface area contributed by atoms with E-state index in [9.17, 15) is 4.79 Å². The maximum Gasteiger partial charge on any atom is 0.227 e. The zero-order chi connectivity index (χ0) is 18.4. The number of hydrogen-bond acceptors (Lipinski definition) is 5. The molecule has 0 fully saturated rings. The third kappa shape index (κ3) is 4.89. The van der Waals surface area contributed by atoms with E-state index in [4.69, 9.17) is 16.1 Å². The lowest BCUT2D eigenvalue weighted by atomic mass is 10.2. The van der Waals surface area contributed by atoms with E-state index >= 15 is 0 Å². The van der Waals surface area contributed by atoms with E-state index in [-0.39, 0.29) is 5.91 Å². The van der Waals surface area contributed by atoms with Crippen LogP contribution in [0.5, 0.6) is 0 Å². The predicted octanol–water partition coefficient (Wildman–Crippen LogP) is 3.42. The average Bonchev–Trinajstić information content (AvgIpc) is 3.14. The molecule has 26 heavy (non-hydrogen) atoms. The predicted molar refractivity (Wildman–Crippen MR) is 98.6 cm³/mol. The van der Waals surface area contributed by atoms with Crippen molar-refractivity contribution in [1.29, 1.82) is 0 Å². The molecule has 1 amide bonds. The number of carbonyl (C=O) groups excluding carboxylic acids is 1. The maximum absolute atomic E-state index is 12.3. The summed E-state index contributed by atoms with van der Waals surface area (Å²) in [6.07, 6.45) is 5.05. The van der Waals surface area contributed by atoms with Gasteiger partial charge in [-0.25, -0.2) is 0 Å². The molecule has 0 unspecified atom stereocenters. The number of halogens is 1. The van der Waals surface area contributed by atoms with Crippen LogP contribution in [0.3, 0.4) is 0 Å². The summed E-state index contributed by atoms with van der Waals surface area (Å²) < 4.78 is 5.24. The van der Waals surface area contributed by atoms with Gasteiger partial charge in [-0.2, -0.15) is 4.98 Å². The lowest BCUT2D eigenvalue weighted by Crippen LogP contribution is -2.29. The number of aryl methyl sites for hydroxylation is 1. The number of rotatable bonds is 7. The molecule has 7 heteroatoms. The van der Waals surface area contributed by atoms with Crippen molar-refractivity contribution in [2.24, 2.45) is 0 Å². The van der Waals surface area contributed by atoms with E-state index in [1.165, 1.54) is 0 Å². The molecule has 0 saturated carbocycles. The molecule has 134 valence electrons. The van der Waals surface area contributed by atoms with E-state index < -0.39 is 0 Å². The third-order valence-electron chi connectivity index (χ3n) is 4.03. The third-order valence-corrected chi connectivity index (χ3v) is 4.29. The fourth-order valence-electron chi connectivity index (χ4n) is 2.45. The summed E-state index contributed by atoms with van der Waals surface area (Å²) in [5, 5.41) is 4.61. The molecule has 0 aliphatic carbocycles. The Labute approximate surface area is 156 Å². The van der Waals surface area contributed by atoms with Crippen LogP contribution < -0.4 is 0 Å². The van der Waals surface area contributed by atoms with E-state index in [0.717, 1.165) is 17.5 Å². The highest BCUT2D eigenvalue weighted by atomic mass is 35.5. The largest absolute Gasteiger partial charge is 0.345 e. The molecule has 1 aromatic carbocycles. The SMILES string of the molecule is CN(CCc1ccncc1)C(=O)CCc1nc(-c2ccc(Cl)cc2)no1. The molecule has 0 N–H and O–H groups in total. The van der Waals surface area contributed by atoms with E-state index in [0.29, 0.717) is 36.1 Å². The first kappa shape index (κ1) is 18.1. The molecule has 6 nitrogen and oxygen atoms in total. The Bertz CT molecular complexity index is 849. The van der Waals surface area contributed by atoms with Crippen molar-refractivity contribution in [2.45, 2.75) is 19.3 Å². The second-order valence-corrected chi connectivity index (χ2v) is 6.38. The molecule has 0 bridgehead atoms. The topological polar surface area (TPSA) is 72.1 Å². The molecule has 2 aromatic heterocycles. The molecule has 0 atom stereocenters. The number of pyridine rings is 1. The van der Waals surface area contributed by atoms with Crippen molar-refractivity contribution in [2.75, 3.05) is 13.6 Å². The highest BCUT2D eigenvalue weighted by Gasteiger charge is 2.13. The van der Waals surface area contributed by atoms with Gasteiger partial charge >= 0.3 is 0 Å². The first-order chi connectivity index (χ1) is 12.6. The van der Waals surface area contributed by atoms with Gasteiger partial charge in [0, 0.05) is 49.4 Å². The van der Waals surface area contributed by atoms with Gasteiger partial charge in [-0.3, -0.25) is 9.78 Å². The van der Waals surface area contributed by atoms with Gasteiger partial charge in [-0.1, -0.05) is 16.8 Å². The zero-order valence-corrected chi connectivity index (χ0v) is 15.2. The van der Waals surface area contributed by atoms with Crippen LogP contribution in [-0.4, -0.2) is 39.5 Å². The monoisotopic (exact) mass is 370 g/mol. The van der Waals surface area contributed by atoms with E-state index in [2.05, 4.69) is 15.1 Å². The van der Waals surface area contributed by atoms with Gasteiger partial charge < -0.3 is 9.42 Å². The molecule has 0 aliphatic heterocycles. The number of nitrogens with zero attached hydrogens (tertiary/aromatic N) is 4. The zero-order valence-electron chi connectivity index (χ0n) is 14.4.